The van der Waals surface area contributed by atoms with E-state index in [-0.39, 0.29) is 29.8 Å². The Morgan fingerprint density at radius 2 is 2.12 bits per heavy atom. The van der Waals surface area contributed by atoms with E-state index in [2.05, 4.69) is 4.98 Å². The number of aryl methyl sites for hydroxylation is 1. The SMILES string of the molecule is Cc1cc2c(c(=O)[nH]1)[C@@H](C(C)C)CC(=O)O2. The number of carbonyl (C=O) groups excluding carboxylic acids is 1. The lowest BCUT2D eigenvalue weighted by molar-refractivity contribution is -0.136. The summed E-state index contributed by atoms with van der Waals surface area (Å²) in [6.07, 6.45) is 0.288. The Morgan fingerprint density at radius 3 is 2.75 bits per heavy atom. The molecule has 0 saturated carbocycles. The Balaban J connectivity index is 2.61. The van der Waals surface area contributed by atoms with E-state index in [1.54, 1.807) is 13.0 Å². The number of H-pyrrole nitrogens is 1. The Bertz CT molecular complexity index is 488. The molecule has 4 heteroatoms. The van der Waals surface area contributed by atoms with Gasteiger partial charge in [0.1, 0.15) is 5.75 Å². The highest BCUT2D eigenvalue weighted by Gasteiger charge is 2.31. The highest BCUT2D eigenvalue weighted by atomic mass is 16.5. The molecule has 0 aromatic carbocycles. The molecule has 0 amide bonds. The van der Waals surface area contributed by atoms with Gasteiger partial charge < -0.3 is 9.72 Å². The van der Waals surface area contributed by atoms with E-state index < -0.39 is 0 Å². The van der Waals surface area contributed by atoms with Crippen LogP contribution >= 0.6 is 0 Å². The lowest BCUT2D eigenvalue weighted by atomic mass is 9.84. The second kappa shape index (κ2) is 3.77. The normalized spacial score (nSPS) is 19.5. The molecule has 0 bridgehead atoms. The van der Waals surface area contributed by atoms with Gasteiger partial charge in [0.2, 0.25) is 0 Å². The number of hydrogen-bond acceptors (Lipinski definition) is 3. The molecule has 0 unspecified atom stereocenters. The number of esters is 1. The Hall–Kier alpha value is -1.58. The fraction of sp³-hybridized carbons (Fsp3) is 0.500. The summed E-state index contributed by atoms with van der Waals surface area (Å²) in [4.78, 5) is 26.0. The third-order valence-corrected chi connectivity index (χ3v) is 2.95. The summed E-state index contributed by atoms with van der Waals surface area (Å²) in [6, 6.07) is 1.71. The number of rotatable bonds is 1. The zero-order chi connectivity index (χ0) is 11.9. The van der Waals surface area contributed by atoms with Crippen molar-refractivity contribution in [3.8, 4) is 5.75 Å². The summed E-state index contributed by atoms with van der Waals surface area (Å²) >= 11 is 0. The molecule has 16 heavy (non-hydrogen) atoms. The van der Waals surface area contributed by atoms with Gasteiger partial charge in [-0.2, -0.15) is 0 Å². The first kappa shape index (κ1) is 10.9. The maximum atomic E-state index is 11.9. The average Bonchev–Trinajstić information content (AvgIpc) is 2.14. The van der Waals surface area contributed by atoms with Crippen LogP contribution in [0.3, 0.4) is 0 Å². The number of nitrogens with one attached hydrogen (secondary N) is 1. The first-order chi connectivity index (χ1) is 7.49. The fourth-order valence-corrected chi connectivity index (χ4v) is 2.12. The maximum Gasteiger partial charge on any atom is 0.311 e. The van der Waals surface area contributed by atoms with Gasteiger partial charge in [0.25, 0.3) is 5.56 Å². The zero-order valence-electron chi connectivity index (χ0n) is 9.66. The largest absolute Gasteiger partial charge is 0.426 e. The van der Waals surface area contributed by atoms with Gasteiger partial charge in [-0.15, -0.1) is 0 Å². The van der Waals surface area contributed by atoms with Crippen molar-refractivity contribution in [2.75, 3.05) is 0 Å². The van der Waals surface area contributed by atoms with E-state index >= 15 is 0 Å². The first-order valence-electron chi connectivity index (χ1n) is 5.43. The maximum absolute atomic E-state index is 11.9. The van der Waals surface area contributed by atoms with Crippen LogP contribution < -0.4 is 10.3 Å². The lowest BCUT2D eigenvalue weighted by Crippen LogP contribution is -2.30. The molecule has 1 N–H and O–H groups in total. The molecule has 1 aromatic rings. The Morgan fingerprint density at radius 1 is 1.44 bits per heavy atom. The number of aromatic amines is 1. The minimum absolute atomic E-state index is 0.0411. The van der Waals surface area contributed by atoms with Crippen molar-refractivity contribution in [2.45, 2.75) is 33.1 Å². The molecule has 4 nitrogen and oxygen atoms in total. The van der Waals surface area contributed by atoms with Crippen LogP contribution in [0.15, 0.2) is 10.9 Å². The summed E-state index contributed by atoms with van der Waals surface area (Å²) in [6.45, 7) is 5.78. The van der Waals surface area contributed by atoms with Gasteiger partial charge in [-0.1, -0.05) is 13.8 Å². The quantitative estimate of drug-likeness (QED) is 0.735. The predicted molar refractivity (Wildman–Crippen MR) is 59.6 cm³/mol. The molecule has 0 fully saturated rings. The van der Waals surface area contributed by atoms with Crippen molar-refractivity contribution in [1.29, 1.82) is 0 Å². The van der Waals surface area contributed by atoms with Crippen molar-refractivity contribution >= 4 is 5.97 Å². The monoisotopic (exact) mass is 221 g/mol. The second-order valence-electron chi connectivity index (χ2n) is 4.59. The summed E-state index contributed by atoms with van der Waals surface area (Å²) in [5.41, 5.74) is 1.18. The van der Waals surface area contributed by atoms with Gasteiger partial charge in [0.15, 0.2) is 0 Å². The zero-order valence-corrected chi connectivity index (χ0v) is 9.66. The van der Waals surface area contributed by atoms with Crippen LogP contribution in [-0.2, 0) is 4.79 Å². The average molecular weight is 221 g/mol. The van der Waals surface area contributed by atoms with E-state index in [9.17, 15) is 9.59 Å². The Labute approximate surface area is 93.6 Å². The third kappa shape index (κ3) is 1.75. The van der Waals surface area contributed by atoms with E-state index in [4.69, 9.17) is 4.74 Å². The summed E-state index contributed by atoms with van der Waals surface area (Å²) < 4.78 is 5.11. The molecule has 1 aliphatic rings. The molecule has 86 valence electrons. The van der Waals surface area contributed by atoms with E-state index in [1.165, 1.54) is 0 Å². The minimum Gasteiger partial charge on any atom is -0.426 e. The van der Waals surface area contributed by atoms with Crippen LogP contribution in [0.25, 0.3) is 0 Å². The number of hydrogen-bond donors (Lipinski definition) is 1. The van der Waals surface area contributed by atoms with E-state index in [0.29, 0.717) is 17.0 Å². The molecule has 0 aliphatic carbocycles. The molecular formula is C12H15NO3. The molecule has 2 heterocycles. The van der Waals surface area contributed by atoms with Gasteiger partial charge in [0.05, 0.1) is 12.0 Å². The van der Waals surface area contributed by atoms with Crippen LogP contribution in [0, 0.1) is 12.8 Å². The summed E-state index contributed by atoms with van der Waals surface area (Å²) in [5.74, 6) is 0.378. The van der Waals surface area contributed by atoms with Crippen LogP contribution in [0.5, 0.6) is 5.75 Å². The molecule has 0 radical (unpaired) electrons. The van der Waals surface area contributed by atoms with Crippen molar-refractivity contribution in [3.05, 3.63) is 27.7 Å². The topological polar surface area (TPSA) is 59.2 Å². The summed E-state index contributed by atoms with van der Waals surface area (Å²) in [5, 5.41) is 0. The number of fused-ring (bicyclic) bond motifs is 1. The van der Waals surface area contributed by atoms with Crippen molar-refractivity contribution in [1.82, 2.24) is 4.98 Å². The van der Waals surface area contributed by atoms with Crippen LogP contribution in [0.1, 0.15) is 37.4 Å². The fourth-order valence-electron chi connectivity index (χ4n) is 2.12. The lowest BCUT2D eigenvalue weighted by Gasteiger charge is -2.26. The molecule has 0 spiro atoms. The van der Waals surface area contributed by atoms with Gasteiger partial charge in [-0.25, -0.2) is 0 Å². The van der Waals surface area contributed by atoms with Crippen molar-refractivity contribution in [3.63, 3.8) is 0 Å². The predicted octanol–water partition coefficient (Wildman–Crippen LogP) is 1.73. The number of pyridine rings is 1. The van der Waals surface area contributed by atoms with Crippen LogP contribution in [-0.4, -0.2) is 11.0 Å². The smallest absolute Gasteiger partial charge is 0.311 e. The molecular weight excluding hydrogens is 206 g/mol. The molecule has 0 saturated heterocycles. The Kier molecular flexibility index (Phi) is 2.58. The van der Waals surface area contributed by atoms with Crippen molar-refractivity contribution < 1.29 is 9.53 Å². The minimum atomic E-state index is -0.254. The van der Waals surface area contributed by atoms with Gasteiger partial charge in [-0.05, 0) is 12.8 Å². The second-order valence-corrected chi connectivity index (χ2v) is 4.59. The highest BCUT2D eigenvalue weighted by molar-refractivity contribution is 5.76. The van der Waals surface area contributed by atoms with Gasteiger partial charge >= 0.3 is 5.97 Å². The van der Waals surface area contributed by atoms with E-state index in [0.717, 1.165) is 0 Å². The number of carbonyl (C=O) groups is 1. The molecule has 1 aromatic heterocycles. The molecule has 1 atom stereocenters. The van der Waals surface area contributed by atoms with E-state index in [1.807, 2.05) is 13.8 Å². The number of aromatic nitrogens is 1. The molecule has 2 rings (SSSR count). The first-order valence-corrected chi connectivity index (χ1v) is 5.43. The van der Waals surface area contributed by atoms with Gasteiger partial charge in [0, 0.05) is 17.7 Å². The van der Waals surface area contributed by atoms with Crippen LogP contribution in [0.4, 0.5) is 0 Å². The highest BCUT2D eigenvalue weighted by Crippen LogP contribution is 2.36. The number of ether oxygens (including phenoxy) is 1. The van der Waals surface area contributed by atoms with Crippen molar-refractivity contribution in [2.24, 2.45) is 5.92 Å². The van der Waals surface area contributed by atoms with Gasteiger partial charge in [-0.3, -0.25) is 9.59 Å². The standard InChI is InChI=1S/C12H15NO3/c1-6(2)8-5-10(14)16-9-4-7(3)13-12(15)11(8)9/h4,6,8H,5H2,1-3H3,(H,13,15)/t8-/m1/s1. The summed E-state index contributed by atoms with van der Waals surface area (Å²) in [7, 11) is 0. The molecule has 1 aliphatic heterocycles. The van der Waals surface area contributed by atoms with Crippen LogP contribution in [0.2, 0.25) is 0 Å². The third-order valence-electron chi connectivity index (χ3n) is 2.95.